The van der Waals surface area contributed by atoms with E-state index in [9.17, 15) is 0 Å². The molecule has 0 bridgehead atoms. The molecule has 0 saturated carbocycles. The standard InChI is InChI=1S/C14H11BrN2O/c1-18-12-5-4-9-6-11(3-2-10(9)7-12)13-8-16-14(15)17-13/h2-8H,1H3,(H,16,17). The molecular weight excluding hydrogens is 292 g/mol. The van der Waals surface area contributed by atoms with Crippen molar-refractivity contribution < 1.29 is 4.74 Å². The quantitative estimate of drug-likeness (QED) is 0.777. The number of halogens is 1. The van der Waals surface area contributed by atoms with Crippen LogP contribution in [0.4, 0.5) is 0 Å². The van der Waals surface area contributed by atoms with Crippen molar-refractivity contribution in [3.63, 3.8) is 0 Å². The fourth-order valence-electron chi connectivity index (χ4n) is 1.96. The van der Waals surface area contributed by atoms with Crippen LogP contribution in [0.15, 0.2) is 47.3 Å². The van der Waals surface area contributed by atoms with Gasteiger partial charge in [0.25, 0.3) is 0 Å². The highest BCUT2D eigenvalue weighted by Crippen LogP contribution is 2.26. The molecule has 2 aromatic carbocycles. The molecule has 0 aliphatic heterocycles. The maximum atomic E-state index is 5.22. The number of benzene rings is 2. The van der Waals surface area contributed by atoms with Crippen LogP contribution >= 0.6 is 15.9 Å². The van der Waals surface area contributed by atoms with Gasteiger partial charge in [-0.15, -0.1) is 0 Å². The van der Waals surface area contributed by atoms with Gasteiger partial charge in [0.2, 0.25) is 0 Å². The maximum absolute atomic E-state index is 5.22. The second-order valence-corrected chi connectivity index (χ2v) is 4.77. The predicted octanol–water partition coefficient (Wildman–Crippen LogP) is 4.00. The summed E-state index contributed by atoms with van der Waals surface area (Å²) in [6.07, 6.45) is 1.81. The summed E-state index contributed by atoms with van der Waals surface area (Å²) in [5, 5.41) is 2.34. The fourth-order valence-corrected chi connectivity index (χ4v) is 2.28. The summed E-state index contributed by atoms with van der Waals surface area (Å²) in [6, 6.07) is 12.3. The van der Waals surface area contributed by atoms with Gasteiger partial charge < -0.3 is 9.72 Å². The number of nitrogens with zero attached hydrogens (tertiary/aromatic N) is 1. The molecule has 18 heavy (non-hydrogen) atoms. The summed E-state index contributed by atoms with van der Waals surface area (Å²) in [4.78, 5) is 7.30. The third kappa shape index (κ3) is 1.99. The van der Waals surface area contributed by atoms with Crippen LogP contribution in [0.2, 0.25) is 0 Å². The summed E-state index contributed by atoms with van der Waals surface area (Å²) in [5.41, 5.74) is 2.12. The molecule has 0 amide bonds. The molecule has 0 radical (unpaired) electrons. The third-order valence-corrected chi connectivity index (χ3v) is 3.31. The Balaban J connectivity index is 2.11. The number of rotatable bonds is 2. The van der Waals surface area contributed by atoms with Crippen LogP contribution < -0.4 is 4.74 Å². The van der Waals surface area contributed by atoms with Gasteiger partial charge in [-0.2, -0.15) is 0 Å². The van der Waals surface area contributed by atoms with Gasteiger partial charge in [-0.3, -0.25) is 0 Å². The molecule has 4 heteroatoms. The Bertz CT molecular complexity index is 706. The van der Waals surface area contributed by atoms with Gasteiger partial charge in [0.05, 0.1) is 19.0 Å². The molecule has 1 N–H and O–H groups in total. The Kier molecular flexibility index (Phi) is 2.80. The summed E-state index contributed by atoms with van der Waals surface area (Å²) < 4.78 is 5.96. The highest BCUT2D eigenvalue weighted by molar-refractivity contribution is 9.10. The van der Waals surface area contributed by atoms with E-state index < -0.39 is 0 Å². The summed E-state index contributed by atoms with van der Waals surface area (Å²) >= 11 is 3.31. The van der Waals surface area contributed by atoms with Crippen molar-refractivity contribution in [2.24, 2.45) is 0 Å². The highest BCUT2D eigenvalue weighted by atomic mass is 79.9. The van der Waals surface area contributed by atoms with E-state index in [-0.39, 0.29) is 0 Å². The lowest BCUT2D eigenvalue weighted by molar-refractivity contribution is 0.415. The first-order chi connectivity index (χ1) is 8.76. The first kappa shape index (κ1) is 11.3. The Morgan fingerprint density at radius 2 is 1.89 bits per heavy atom. The average Bonchev–Trinajstić information content (AvgIpc) is 2.84. The van der Waals surface area contributed by atoms with Crippen molar-refractivity contribution in [3.05, 3.63) is 47.3 Å². The second-order valence-electron chi connectivity index (χ2n) is 4.02. The van der Waals surface area contributed by atoms with E-state index in [1.807, 2.05) is 18.3 Å². The van der Waals surface area contributed by atoms with Gasteiger partial charge >= 0.3 is 0 Å². The van der Waals surface area contributed by atoms with Crippen LogP contribution in [0.1, 0.15) is 0 Å². The van der Waals surface area contributed by atoms with E-state index in [0.717, 1.165) is 27.1 Å². The lowest BCUT2D eigenvalue weighted by atomic mass is 10.1. The predicted molar refractivity (Wildman–Crippen MR) is 75.8 cm³/mol. The molecule has 0 aliphatic rings. The number of fused-ring (bicyclic) bond motifs is 1. The normalized spacial score (nSPS) is 10.8. The number of nitrogens with one attached hydrogen (secondary N) is 1. The zero-order chi connectivity index (χ0) is 12.5. The summed E-state index contributed by atoms with van der Waals surface area (Å²) in [5.74, 6) is 0.875. The summed E-state index contributed by atoms with van der Waals surface area (Å²) in [6.45, 7) is 0. The van der Waals surface area contributed by atoms with Gasteiger partial charge in [0, 0.05) is 5.56 Å². The van der Waals surface area contributed by atoms with Crippen molar-refractivity contribution in [2.45, 2.75) is 0 Å². The first-order valence-electron chi connectivity index (χ1n) is 5.55. The number of aromatic amines is 1. The van der Waals surface area contributed by atoms with Crippen LogP contribution in [0.5, 0.6) is 5.75 Å². The number of hydrogen-bond donors (Lipinski definition) is 1. The molecule has 0 saturated heterocycles. The lowest BCUT2D eigenvalue weighted by Gasteiger charge is -2.04. The Morgan fingerprint density at radius 1 is 1.11 bits per heavy atom. The molecule has 0 spiro atoms. The van der Waals surface area contributed by atoms with Crippen molar-refractivity contribution in [1.82, 2.24) is 9.97 Å². The average molecular weight is 303 g/mol. The van der Waals surface area contributed by atoms with Crippen LogP contribution in [0, 0.1) is 0 Å². The smallest absolute Gasteiger partial charge is 0.174 e. The van der Waals surface area contributed by atoms with Crippen molar-refractivity contribution in [2.75, 3.05) is 7.11 Å². The van der Waals surface area contributed by atoms with E-state index in [2.05, 4.69) is 50.2 Å². The van der Waals surface area contributed by atoms with Gasteiger partial charge in [-0.05, 0) is 44.9 Å². The van der Waals surface area contributed by atoms with Crippen molar-refractivity contribution >= 4 is 26.7 Å². The second kappa shape index (κ2) is 4.46. The molecular formula is C14H11BrN2O. The van der Waals surface area contributed by atoms with Crippen LogP contribution in [0.25, 0.3) is 22.0 Å². The minimum absolute atomic E-state index is 0.743. The topological polar surface area (TPSA) is 37.9 Å². The van der Waals surface area contributed by atoms with E-state index in [1.165, 1.54) is 5.39 Å². The molecule has 90 valence electrons. The van der Waals surface area contributed by atoms with E-state index in [4.69, 9.17) is 4.74 Å². The lowest BCUT2D eigenvalue weighted by Crippen LogP contribution is -1.83. The first-order valence-corrected chi connectivity index (χ1v) is 6.34. The molecule has 0 aliphatic carbocycles. The van der Waals surface area contributed by atoms with E-state index in [1.54, 1.807) is 7.11 Å². The van der Waals surface area contributed by atoms with E-state index >= 15 is 0 Å². The molecule has 1 heterocycles. The van der Waals surface area contributed by atoms with E-state index in [0.29, 0.717) is 0 Å². The number of aromatic nitrogens is 2. The molecule has 1 aromatic heterocycles. The van der Waals surface area contributed by atoms with Gasteiger partial charge in [-0.25, -0.2) is 4.98 Å². The largest absolute Gasteiger partial charge is 0.497 e. The SMILES string of the molecule is COc1ccc2cc(-c3cnc(Br)[nH]3)ccc2c1. The number of H-pyrrole nitrogens is 1. The maximum Gasteiger partial charge on any atom is 0.174 e. The Labute approximate surface area is 113 Å². The monoisotopic (exact) mass is 302 g/mol. The van der Waals surface area contributed by atoms with Crippen molar-refractivity contribution in [1.29, 1.82) is 0 Å². The molecule has 0 unspecified atom stereocenters. The molecule has 3 aromatic rings. The fraction of sp³-hybridized carbons (Fsp3) is 0.0714. The third-order valence-electron chi connectivity index (χ3n) is 2.90. The minimum atomic E-state index is 0.743. The molecule has 0 atom stereocenters. The zero-order valence-electron chi connectivity index (χ0n) is 9.77. The van der Waals surface area contributed by atoms with Gasteiger partial charge in [0.15, 0.2) is 4.73 Å². The highest BCUT2D eigenvalue weighted by Gasteiger charge is 2.03. The van der Waals surface area contributed by atoms with Crippen LogP contribution in [-0.2, 0) is 0 Å². The number of methoxy groups -OCH3 is 1. The van der Waals surface area contributed by atoms with Gasteiger partial charge in [-0.1, -0.05) is 18.2 Å². The van der Waals surface area contributed by atoms with Crippen LogP contribution in [-0.4, -0.2) is 17.1 Å². The summed E-state index contributed by atoms with van der Waals surface area (Å²) in [7, 11) is 1.68. The molecule has 3 rings (SSSR count). The minimum Gasteiger partial charge on any atom is -0.497 e. The number of ether oxygens (including phenoxy) is 1. The number of imidazole rings is 1. The zero-order valence-corrected chi connectivity index (χ0v) is 11.4. The van der Waals surface area contributed by atoms with Gasteiger partial charge in [0.1, 0.15) is 5.75 Å². The number of hydrogen-bond acceptors (Lipinski definition) is 2. The van der Waals surface area contributed by atoms with Crippen LogP contribution in [0.3, 0.4) is 0 Å². The van der Waals surface area contributed by atoms with Crippen molar-refractivity contribution in [3.8, 4) is 17.0 Å². The Hall–Kier alpha value is -1.81. The molecule has 3 nitrogen and oxygen atoms in total. The molecule has 0 fully saturated rings. The Morgan fingerprint density at radius 3 is 2.61 bits per heavy atom.